The van der Waals surface area contributed by atoms with Crippen LogP contribution in [-0.2, 0) is 9.53 Å². The zero-order valence-corrected chi connectivity index (χ0v) is 7.46. The van der Waals surface area contributed by atoms with E-state index in [0.29, 0.717) is 5.75 Å². The Labute approximate surface area is 68.8 Å². The van der Waals surface area contributed by atoms with Gasteiger partial charge in [-0.05, 0) is 0 Å². The Morgan fingerprint density at radius 1 is 1.70 bits per heavy atom. The Balaban J connectivity index is 3.03. The third-order valence-electron chi connectivity index (χ3n) is 0.674. The number of ether oxygens (including phenoxy) is 1. The highest BCUT2D eigenvalue weighted by Gasteiger charge is 1.97. The SMILES string of the molecule is C=CCSSCC(=O)OC. The number of carbonyl (C=O) groups excluding carboxylic acids is 1. The van der Waals surface area contributed by atoms with Crippen molar-refractivity contribution in [3.63, 3.8) is 0 Å². The van der Waals surface area contributed by atoms with Gasteiger partial charge in [-0.2, -0.15) is 0 Å². The molecule has 4 heteroatoms. The summed E-state index contributed by atoms with van der Waals surface area (Å²) in [5.74, 6) is 1.10. The molecule has 0 N–H and O–H groups in total. The monoisotopic (exact) mass is 178 g/mol. The first-order chi connectivity index (χ1) is 4.81. The van der Waals surface area contributed by atoms with E-state index in [9.17, 15) is 4.79 Å². The van der Waals surface area contributed by atoms with Crippen LogP contribution in [0.3, 0.4) is 0 Å². The highest BCUT2D eigenvalue weighted by molar-refractivity contribution is 8.76. The molecule has 0 saturated carbocycles. The summed E-state index contributed by atoms with van der Waals surface area (Å²) in [7, 11) is 4.47. The molecule has 0 radical (unpaired) electrons. The molecular weight excluding hydrogens is 168 g/mol. The molecule has 0 unspecified atom stereocenters. The van der Waals surface area contributed by atoms with Crippen LogP contribution in [0.2, 0.25) is 0 Å². The van der Waals surface area contributed by atoms with E-state index in [4.69, 9.17) is 0 Å². The summed E-state index contributed by atoms with van der Waals surface area (Å²) in [6, 6.07) is 0. The van der Waals surface area contributed by atoms with Gasteiger partial charge in [-0.3, -0.25) is 4.79 Å². The van der Waals surface area contributed by atoms with Crippen LogP contribution in [0.15, 0.2) is 12.7 Å². The highest BCUT2D eigenvalue weighted by atomic mass is 33.1. The summed E-state index contributed by atoms with van der Waals surface area (Å²) in [4.78, 5) is 10.5. The first kappa shape index (κ1) is 9.91. The first-order valence-electron chi connectivity index (χ1n) is 2.73. The predicted octanol–water partition coefficient (Wildman–Crippen LogP) is 1.73. The number of hydrogen-bond donors (Lipinski definition) is 0. The average molecular weight is 178 g/mol. The van der Waals surface area contributed by atoms with E-state index < -0.39 is 0 Å². The van der Waals surface area contributed by atoms with Crippen molar-refractivity contribution in [3.05, 3.63) is 12.7 Å². The van der Waals surface area contributed by atoms with Crippen LogP contribution >= 0.6 is 21.6 Å². The Bertz CT molecular complexity index is 114. The van der Waals surface area contributed by atoms with Crippen molar-refractivity contribution in [2.45, 2.75) is 0 Å². The Morgan fingerprint density at radius 3 is 2.90 bits per heavy atom. The van der Waals surface area contributed by atoms with Crippen molar-refractivity contribution in [1.29, 1.82) is 0 Å². The normalized spacial score (nSPS) is 8.90. The third-order valence-corrected chi connectivity index (χ3v) is 2.83. The lowest BCUT2D eigenvalue weighted by atomic mass is 10.8. The molecule has 0 rings (SSSR count). The zero-order chi connectivity index (χ0) is 7.82. The molecule has 0 saturated heterocycles. The fourth-order valence-corrected chi connectivity index (χ4v) is 1.85. The summed E-state index contributed by atoms with van der Waals surface area (Å²) in [5, 5.41) is 0. The van der Waals surface area contributed by atoms with Gasteiger partial charge in [0.2, 0.25) is 0 Å². The molecule has 0 aromatic carbocycles. The number of carbonyl (C=O) groups is 1. The van der Waals surface area contributed by atoms with Crippen molar-refractivity contribution >= 4 is 27.6 Å². The number of methoxy groups -OCH3 is 1. The molecule has 10 heavy (non-hydrogen) atoms. The second kappa shape index (κ2) is 7.02. The van der Waals surface area contributed by atoms with Crippen LogP contribution in [0, 0.1) is 0 Å². The molecule has 0 aromatic rings. The fourth-order valence-electron chi connectivity index (χ4n) is 0.245. The van der Waals surface area contributed by atoms with Crippen LogP contribution in [0.25, 0.3) is 0 Å². The van der Waals surface area contributed by atoms with Gasteiger partial charge in [-0.15, -0.1) is 6.58 Å². The smallest absolute Gasteiger partial charge is 0.316 e. The van der Waals surface area contributed by atoms with Crippen LogP contribution < -0.4 is 0 Å². The minimum absolute atomic E-state index is 0.179. The van der Waals surface area contributed by atoms with Crippen molar-refractivity contribution < 1.29 is 9.53 Å². The lowest BCUT2D eigenvalue weighted by Gasteiger charge is -1.95. The van der Waals surface area contributed by atoms with E-state index in [1.807, 2.05) is 0 Å². The molecule has 0 spiro atoms. The Hall–Kier alpha value is -0.0900. The van der Waals surface area contributed by atoms with E-state index in [0.717, 1.165) is 5.75 Å². The van der Waals surface area contributed by atoms with E-state index in [2.05, 4.69) is 11.3 Å². The predicted molar refractivity (Wildman–Crippen MR) is 47.1 cm³/mol. The van der Waals surface area contributed by atoms with E-state index in [-0.39, 0.29) is 5.97 Å². The molecule has 0 bridgehead atoms. The van der Waals surface area contributed by atoms with E-state index in [1.165, 1.54) is 17.9 Å². The second-order valence-electron chi connectivity index (χ2n) is 1.41. The maximum atomic E-state index is 10.5. The molecule has 0 amide bonds. The van der Waals surface area contributed by atoms with Gasteiger partial charge in [-0.25, -0.2) is 0 Å². The highest BCUT2D eigenvalue weighted by Crippen LogP contribution is 2.20. The van der Waals surface area contributed by atoms with Crippen molar-refractivity contribution in [1.82, 2.24) is 0 Å². The lowest BCUT2D eigenvalue weighted by Crippen LogP contribution is -2.01. The number of hydrogen-bond acceptors (Lipinski definition) is 4. The summed E-state index contributed by atoms with van der Waals surface area (Å²) in [6.07, 6.45) is 1.80. The van der Waals surface area contributed by atoms with Crippen LogP contribution in [0.4, 0.5) is 0 Å². The van der Waals surface area contributed by atoms with Gasteiger partial charge < -0.3 is 4.74 Å². The minimum Gasteiger partial charge on any atom is -0.468 e. The lowest BCUT2D eigenvalue weighted by molar-refractivity contribution is -0.137. The molecule has 0 aliphatic rings. The summed E-state index contributed by atoms with van der Waals surface area (Å²) in [6.45, 7) is 3.55. The summed E-state index contributed by atoms with van der Waals surface area (Å²) in [5.41, 5.74) is 0. The maximum absolute atomic E-state index is 10.5. The van der Waals surface area contributed by atoms with Crippen molar-refractivity contribution in [3.8, 4) is 0 Å². The van der Waals surface area contributed by atoms with Crippen LogP contribution in [0.5, 0.6) is 0 Å². The Kier molecular flexibility index (Phi) is 6.96. The van der Waals surface area contributed by atoms with Crippen LogP contribution in [0.1, 0.15) is 0 Å². The van der Waals surface area contributed by atoms with Crippen molar-refractivity contribution in [2.24, 2.45) is 0 Å². The quantitative estimate of drug-likeness (QED) is 0.277. The van der Waals surface area contributed by atoms with Gasteiger partial charge in [0.15, 0.2) is 0 Å². The minimum atomic E-state index is -0.179. The van der Waals surface area contributed by atoms with Gasteiger partial charge in [0.1, 0.15) is 5.75 Å². The molecule has 0 aliphatic carbocycles. The summed E-state index contributed by atoms with van der Waals surface area (Å²) < 4.78 is 4.43. The van der Waals surface area contributed by atoms with E-state index in [1.54, 1.807) is 16.9 Å². The van der Waals surface area contributed by atoms with Gasteiger partial charge >= 0.3 is 5.97 Å². The standard InChI is InChI=1S/C6H10O2S2/c1-3-4-9-10-5-6(7)8-2/h3H,1,4-5H2,2H3. The van der Waals surface area contributed by atoms with Gasteiger partial charge in [0.25, 0.3) is 0 Å². The molecule has 0 atom stereocenters. The third kappa shape index (κ3) is 6.04. The largest absolute Gasteiger partial charge is 0.468 e. The number of esters is 1. The van der Waals surface area contributed by atoms with E-state index >= 15 is 0 Å². The van der Waals surface area contributed by atoms with Crippen molar-refractivity contribution in [2.75, 3.05) is 18.6 Å². The summed E-state index contributed by atoms with van der Waals surface area (Å²) >= 11 is 0. The molecule has 0 aliphatic heterocycles. The molecule has 0 fully saturated rings. The molecular formula is C6H10O2S2. The second-order valence-corrected chi connectivity index (χ2v) is 3.92. The average Bonchev–Trinajstić information content (AvgIpc) is 1.98. The molecule has 58 valence electrons. The van der Waals surface area contributed by atoms with Crippen LogP contribution in [-0.4, -0.2) is 24.6 Å². The first-order valence-corrected chi connectivity index (χ1v) is 5.22. The van der Waals surface area contributed by atoms with Gasteiger partial charge in [0, 0.05) is 5.75 Å². The fraction of sp³-hybridized carbons (Fsp3) is 0.500. The zero-order valence-electron chi connectivity index (χ0n) is 5.83. The molecule has 0 aromatic heterocycles. The van der Waals surface area contributed by atoms with Gasteiger partial charge in [0.05, 0.1) is 7.11 Å². The molecule has 0 heterocycles. The maximum Gasteiger partial charge on any atom is 0.316 e. The number of rotatable bonds is 5. The Morgan fingerprint density at radius 2 is 2.40 bits per heavy atom. The van der Waals surface area contributed by atoms with Gasteiger partial charge in [-0.1, -0.05) is 27.7 Å². The topological polar surface area (TPSA) is 26.3 Å². The molecule has 2 nitrogen and oxygen atoms in total.